The number of imide groups is 2. The van der Waals surface area contributed by atoms with Crippen LogP contribution in [0.4, 0.5) is 9.59 Å². The van der Waals surface area contributed by atoms with E-state index in [1.807, 2.05) is 35.6 Å². The summed E-state index contributed by atoms with van der Waals surface area (Å²) in [6.07, 6.45) is 0.153. The van der Waals surface area contributed by atoms with Gasteiger partial charge < -0.3 is 10.1 Å². The Kier molecular flexibility index (Phi) is 5.89. The van der Waals surface area contributed by atoms with Crippen LogP contribution in [0.2, 0.25) is 0 Å². The third-order valence-corrected chi connectivity index (χ3v) is 3.49. The smallest absolute Gasteiger partial charge is 0.413 e. The summed E-state index contributed by atoms with van der Waals surface area (Å²) in [5.74, 6) is -1.25. The van der Waals surface area contributed by atoms with Crippen LogP contribution in [0.1, 0.15) is 18.9 Å². The first-order valence-electron chi connectivity index (χ1n) is 7.63. The molecular formula is C16H19N3O5. The zero-order valence-corrected chi connectivity index (χ0v) is 13.3. The Morgan fingerprint density at radius 2 is 1.96 bits per heavy atom. The number of benzene rings is 1. The highest BCUT2D eigenvalue weighted by Crippen LogP contribution is 2.12. The molecule has 0 radical (unpaired) electrons. The van der Waals surface area contributed by atoms with Crippen molar-refractivity contribution in [3.05, 3.63) is 35.9 Å². The molecule has 1 heterocycles. The highest BCUT2D eigenvalue weighted by atomic mass is 16.5. The Labute approximate surface area is 139 Å². The Balaban J connectivity index is 1.86. The van der Waals surface area contributed by atoms with Gasteiger partial charge in [0.05, 0.1) is 6.61 Å². The van der Waals surface area contributed by atoms with E-state index in [4.69, 9.17) is 0 Å². The number of aryl methyl sites for hydroxylation is 1. The number of hydrogen-bond donors (Lipinski definition) is 2. The lowest BCUT2D eigenvalue weighted by molar-refractivity contribution is -0.132. The van der Waals surface area contributed by atoms with Crippen LogP contribution in [0.3, 0.4) is 0 Å². The van der Waals surface area contributed by atoms with Crippen molar-refractivity contribution in [2.24, 2.45) is 0 Å². The summed E-state index contributed by atoms with van der Waals surface area (Å²) < 4.78 is 4.56. The molecule has 1 aromatic carbocycles. The van der Waals surface area contributed by atoms with Crippen LogP contribution in [0, 0.1) is 0 Å². The van der Waals surface area contributed by atoms with Crippen molar-refractivity contribution in [2.45, 2.75) is 25.8 Å². The number of carbonyl (C=O) groups is 4. The fourth-order valence-electron chi connectivity index (χ4n) is 2.34. The molecule has 24 heavy (non-hydrogen) atoms. The third-order valence-electron chi connectivity index (χ3n) is 3.49. The second-order valence-corrected chi connectivity index (χ2v) is 5.22. The molecule has 128 valence electrons. The molecule has 2 N–H and O–H groups in total. The van der Waals surface area contributed by atoms with Crippen molar-refractivity contribution in [3.63, 3.8) is 0 Å². The lowest BCUT2D eigenvalue weighted by Gasteiger charge is -2.12. The molecule has 2 rings (SSSR count). The SMILES string of the molecule is CCOC(=O)NC(=O)CN1C(=O)N[C@@H](CCc2ccccc2)C1=O. The van der Waals surface area contributed by atoms with Crippen molar-refractivity contribution in [1.29, 1.82) is 0 Å². The quantitative estimate of drug-likeness (QED) is 0.750. The zero-order chi connectivity index (χ0) is 17.5. The van der Waals surface area contributed by atoms with Gasteiger partial charge in [-0.2, -0.15) is 0 Å². The van der Waals surface area contributed by atoms with Crippen molar-refractivity contribution in [2.75, 3.05) is 13.2 Å². The van der Waals surface area contributed by atoms with E-state index in [2.05, 4.69) is 10.1 Å². The van der Waals surface area contributed by atoms with Crippen LogP contribution in [0.15, 0.2) is 30.3 Å². The molecule has 0 unspecified atom stereocenters. The molecule has 1 fully saturated rings. The molecule has 0 aromatic heterocycles. The van der Waals surface area contributed by atoms with Gasteiger partial charge in [-0.1, -0.05) is 30.3 Å². The first kappa shape index (κ1) is 17.5. The summed E-state index contributed by atoms with van der Waals surface area (Å²) >= 11 is 0. The molecular weight excluding hydrogens is 314 g/mol. The van der Waals surface area contributed by atoms with E-state index >= 15 is 0 Å². The summed E-state index contributed by atoms with van der Waals surface area (Å²) in [7, 11) is 0. The summed E-state index contributed by atoms with van der Waals surface area (Å²) in [6, 6.07) is 8.26. The van der Waals surface area contributed by atoms with E-state index < -0.39 is 36.5 Å². The van der Waals surface area contributed by atoms with Crippen LogP contribution in [-0.2, 0) is 20.7 Å². The number of urea groups is 1. The van der Waals surface area contributed by atoms with Gasteiger partial charge >= 0.3 is 12.1 Å². The van der Waals surface area contributed by atoms with Crippen molar-refractivity contribution in [3.8, 4) is 0 Å². The Morgan fingerprint density at radius 3 is 2.62 bits per heavy atom. The lowest BCUT2D eigenvalue weighted by atomic mass is 10.1. The van der Waals surface area contributed by atoms with E-state index in [0.29, 0.717) is 12.8 Å². The van der Waals surface area contributed by atoms with Gasteiger partial charge in [0.1, 0.15) is 12.6 Å². The summed E-state index contributed by atoms with van der Waals surface area (Å²) in [5.41, 5.74) is 1.05. The molecule has 0 bridgehead atoms. The minimum absolute atomic E-state index is 0.115. The number of hydrogen-bond acceptors (Lipinski definition) is 5. The number of nitrogens with one attached hydrogen (secondary N) is 2. The maximum atomic E-state index is 12.2. The minimum Gasteiger partial charge on any atom is -0.450 e. The van der Waals surface area contributed by atoms with Crippen LogP contribution in [-0.4, -0.2) is 48.0 Å². The normalized spacial score (nSPS) is 16.7. The van der Waals surface area contributed by atoms with Gasteiger partial charge in [-0.05, 0) is 25.3 Å². The molecule has 1 aromatic rings. The van der Waals surface area contributed by atoms with Gasteiger partial charge in [0.15, 0.2) is 0 Å². The number of carbonyl (C=O) groups excluding carboxylic acids is 4. The van der Waals surface area contributed by atoms with Crippen LogP contribution >= 0.6 is 0 Å². The molecule has 1 atom stereocenters. The molecule has 1 aliphatic rings. The van der Waals surface area contributed by atoms with Gasteiger partial charge in [0.25, 0.3) is 5.91 Å². The second kappa shape index (κ2) is 8.09. The molecule has 0 saturated carbocycles. The number of alkyl carbamates (subject to hydrolysis) is 1. The zero-order valence-electron chi connectivity index (χ0n) is 13.3. The Bertz CT molecular complexity index is 632. The summed E-state index contributed by atoms with van der Waals surface area (Å²) in [5, 5.41) is 4.50. The fraction of sp³-hybridized carbons (Fsp3) is 0.375. The second-order valence-electron chi connectivity index (χ2n) is 5.22. The van der Waals surface area contributed by atoms with Crippen LogP contribution in [0.25, 0.3) is 0 Å². The average Bonchev–Trinajstić information content (AvgIpc) is 2.81. The van der Waals surface area contributed by atoms with Gasteiger partial charge in [-0.15, -0.1) is 0 Å². The predicted molar refractivity (Wildman–Crippen MR) is 84.0 cm³/mol. The fourth-order valence-corrected chi connectivity index (χ4v) is 2.34. The molecule has 0 spiro atoms. The van der Waals surface area contributed by atoms with Gasteiger partial charge in [-0.25, -0.2) is 9.59 Å². The molecule has 8 nitrogen and oxygen atoms in total. The van der Waals surface area contributed by atoms with Gasteiger partial charge in [0, 0.05) is 0 Å². The van der Waals surface area contributed by atoms with E-state index in [9.17, 15) is 19.2 Å². The predicted octanol–water partition coefficient (Wildman–Crippen LogP) is 0.812. The van der Waals surface area contributed by atoms with Crippen molar-refractivity contribution < 1.29 is 23.9 Å². The van der Waals surface area contributed by atoms with E-state index in [1.54, 1.807) is 6.92 Å². The Hall–Kier alpha value is -2.90. The largest absolute Gasteiger partial charge is 0.450 e. The first-order chi connectivity index (χ1) is 11.5. The van der Waals surface area contributed by atoms with Crippen molar-refractivity contribution in [1.82, 2.24) is 15.5 Å². The molecule has 5 amide bonds. The first-order valence-corrected chi connectivity index (χ1v) is 7.63. The highest BCUT2D eigenvalue weighted by Gasteiger charge is 2.38. The maximum Gasteiger partial charge on any atom is 0.413 e. The Morgan fingerprint density at radius 1 is 1.25 bits per heavy atom. The van der Waals surface area contributed by atoms with Crippen LogP contribution in [0.5, 0.6) is 0 Å². The number of nitrogens with zero attached hydrogens (tertiary/aromatic N) is 1. The molecule has 1 saturated heterocycles. The standard InChI is InChI=1S/C16H19N3O5/c1-2-24-16(23)18-13(20)10-19-14(21)12(17-15(19)22)9-8-11-6-4-3-5-7-11/h3-7,12H,2,8-10H2,1H3,(H,17,22)(H,18,20,23)/t12-/m0/s1. The molecule has 1 aliphatic heterocycles. The molecule has 8 heteroatoms. The third kappa shape index (κ3) is 4.55. The van der Waals surface area contributed by atoms with E-state index in [0.717, 1.165) is 10.5 Å². The van der Waals surface area contributed by atoms with Gasteiger partial charge in [-0.3, -0.25) is 19.8 Å². The van der Waals surface area contributed by atoms with Crippen molar-refractivity contribution >= 4 is 23.9 Å². The monoisotopic (exact) mass is 333 g/mol. The van der Waals surface area contributed by atoms with Gasteiger partial charge in [0.2, 0.25) is 5.91 Å². The number of ether oxygens (including phenoxy) is 1. The number of amides is 5. The summed E-state index contributed by atoms with van der Waals surface area (Å²) in [4.78, 5) is 47.7. The minimum atomic E-state index is -0.907. The maximum absolute atomic E-state index is 12.2. The lowest BCUT2D eigenvalue weighted by Crippen LogP contribution is -2.43. The van der Waals surface area contributed by atoms with Crippen LogP contribution < -0.4 is 10.6 Å². The average molecular weight is 333 g/mol. The molecule has 0 aliphatic carbocycles. The summed E-state index contributed by atoms with van der Waals surface area (Å²) in [6.45, 7) is 1.19. The van der Waals surface area contributed by atoms with E-state index in [-0.39, 0.29) is 6.61 Å². The highest BCUT2D eigenvalue weighted by molar-refractivity contribution is 6.07. The number of rotatable bonds is 6. The van der Waals surface area contributed by atoms with E-state index in [1.165, 1.54) is 0 Å². The topological polar surface area (TPSA) is 105 Å².